The lowest BCUT2D eigenvalue weighted by molar-refractivity contribution is 0.611. The molecule has 0 bridgehead atoms. The van der Waals surface area contributed by atoms with Crippen molar-refractivity contribution in [3.63, 3.8) is 0 Å². The lowest BCUT2D eigenvalue weighted by Gasteiger charge is -2.10. The van der Waals surface area contributed by atoms with Crippen LogP contribution in [0.5, 0.6) is 0 Å². The molecule has 72 valence electrons. The van der Waals surface area contributed by atoms with Gasteiger partial charge in [-0.15, -0.1) is 11.3 Å². The molecular formula is C8H14N4S. The van der Waals surface area contributed by atoms with Crippen molar-refractivity contribution in [2.24, 2.45) is 10.7 Å². The van der Waals surface area contributed by atoms with Gasteiger partial charge in [0.2, 0.25) is 0 Å². The number of thiophene rings is 1. The van der Waals surface area contributed by atoms with Crippen LogP contribution < -0.4 is 11.1 Å². The summed E-state index contributed by atoms with van der Waals surface area (Å²) in [6.07, 6.45) is 0. The first-order valence-corrected chi connectivity index (χ1v) is 4.82. The number of nitrogens with two attached hydrogens (primary N) is 1. The monoisotopic (exact) mass is 198 g/mol. The van der Waals surface area contributed by atoms with E-state index in [0.29, 0.717) is 12.6 Å². The number of nitrogens with one attached hydrogen (secondary N) is 1. The summed E-state index contributed by atoms with van der Waals surface area (Å²) < 4.78 is 0. The molecule has 1 aromatic heterocycles. The molecule has 0 radical (unpaired) electrons. The van der Waals surface area contributed by atoms with E-state index >= 15 is 0 Å². The maximum atomic E-state index is 5.60. The lowest BCUT2D eigenvalue weighted by atomic mass is 10.6. The Morgan fingerprint density at radius 1 is 1.69 bits per heavy atom. The molecule has 0 unspecified atom stereocenters. The van der Waals surface area contributed by atoms with Gasteiger partial charge in [0.15, 0.2) is 5.96 Å². The summed E-state index contributed by atoms with van der Waals surface area (Å²) in [5, 5.41) is 6.26. The summed E-state index contributed by atoms with van der Waals surface area (Å²) in [4.78, 5) is 5.89. The Hall–Kier alpha value is -1.23. The van der Waals surface area contributed by atoms with Gasteiger partial charge >= 0.3 is 0 Å². The number of hydrogen-bond acceptors (Lipinski definition) is 3. The predicted molar refractivity (Wildman–Crippen MR) is 58.1 cm³/mol. The fourth-order valence-electron chi connectivity index (χ4n) is 0.719. The minimum absolute atomic E-state index is 0.518. The van der Waals surface area contributed by atoms with Crippen molar-refractivity contribution in [2.45, 2.75) is 0 Å². The molecule has 0 saturated heterocycles. The minimum Gasteiger partial charge on any atom is -0.370 e. The van der Waals surface area contributed by atoms with Gasteiger partial charge in [0, 0.05) is 14.1 Å². The van der Waals surface area contributed by atoms with Crippen LogP contribution in [0.1, 0.15) is 0 Å². The van der Waals surface area contributed by atoms with Gasteiger partial charge in [-0.25, -0.2) is 4.99 Å². The largest absolute Gasteiger partial charge is 0.370 e. The van der Waals surface area contributed by atoms with E-state index in [1.165, 1.54) is 0 Å². The van der Waals surface area contributed by atoms with Crippen LogP contribution in [0, 0.1) is 0 Å². The molecule has 0 saturated carbocycles. The highest BCUT2D eigenvalue weighted by atomic mass is 32.1. The summed E-state index contributed by atoms with van der Waals surface area (Å²) in [7, 11) is 3.73. The zero-order valence-electron chi connectivity index (χ0n) is 7.82. The quantitative estimate of drug-likeness (QED) is 0.562. The highest BCUT2D eigenvalue weighted by Gasteiger charge is 1.93. The summed E-state index contributed by atoms with van der Waals surface area (Å²) in [5.74, 6) is 0.532. The van der Waals surface area contributed by atoms with Gasteiger partial charge in [0.05, 0.1) is 5.00 Å². The summed E-state index contributed by atoms with van der Waals surface area (Å²) >= 11 is 1.65. The molecule has 0 fully saturated rings. The van der Waals surface area contributed by atoms with Gasteiger partial charge < -0.3 is 16.0 Å². The normalized spacial score (nSPS) is 11.4. The molecule has 0 aliphatic rings. The van der Waals surface area contributed by atoms with E-state index in [-0.39, 0.29) is 0 Å². The minimum atomic E-state index is 0.518. The van der Waals surface area contributed by atoms with Crippen molar-refractivity contribution in [2.75, 3.05) is 26.1 Å². The summed E-state index contributed by atoms with van der Waals surface area (Å²) in [5.41, 5.74) is 5.60. The van der Waals surface area contributed by atoms with E-state index in [9.17, 15) is 0 Å². The third-order valence-corrected chi connectivity index (χ3v) is 2.30. The predicted octanol–water partition coefficient (Wildman–Crippen LogP) is 0.994. The summed E-state index contributed by atoms with van der Waals surface area (Å²) in [6.45, 7) is 0.518. The average molecular weight is 198 g/mol. The van der Waals surface area contributed by atoms with Crippen LogP contribution in [0.4, 0.5) is 5.00 Å². The van der Waals surface area contributed by atoms with Crippen LogP contribution in [0.3, 0.4) is 0 Å². The highest BCUT2D eigenvalue weighted by molar-refractivity contribution is 7.14. The Labute approximate surface area is 82.1 Å². The maximum Gasteiger partial charge on any atom is 0.192 e. The van der Waals surface area contributed by atoms with Crippen molar-refractivity contribution >= 4 is 22.3 Å². The standard InChI is InChI=1S/C8H14N4S/c1-12(2)8(9)11-6-10-7-4-3-5-13-7/h3-5,10H,6H2,1-2H3,(H2,9,11). The third kappa shape index (κ3) is 3.33. The molecule has 0 aliphatic heterocycles. The van der Waals surface area contributed by atoms with E-state index in [4.69, 9.17) is 5.73 Å². The molecule has 0 aliphatic carbocycles. The van der Waals surface area contributed by atoms with Crippen LogP contribution >= 0.6 is 11.3 Å². The van der Waals surface area contributed by atoms with Gasteiger partial charge in [0.25, 0.3) is 0 Å². The van der Waals surface area contributed by atoms with Crippen molar-refractivity contribution in [1.29, 1.82) is 0 Å². The molecule has 1 rings (SSSR count). The first-order chi connectivity index (χ1) is 6.20. The zero-order valence-corrected chi connectivity index (χ0v) is 8.64. The maximum absolute atomic E-state index is 5.60. The topological polar surface area (TPSA) is 53.6 Å². The molecule has 0 atom stereocenters. The second-order valence-corrected chi connectivity index (χ2v) is 3.67. The molecule has 1 aromatic rings. The smallest absolute Gasteiger partial charge is 0.192 e. The van der Waals surface area contributed by atoms with Crippen molar-refractivity contribution in [1.82, 2.24) is 4.90 Å². The SMILES string of the molecule is CN(C)C(N)=NCNc1cccs1. The first-order valence-electron chi connectivity index (χ1n) is 3.95. The number of guanidine groups is 1. The molecule has 3 N–H and O–H groups in total. The first kappa shape index (κ1) is 9.85. The van der Waals surface area contributed by atoms with Gasteiger partial charge in [-0.3, -0.25) is 0 Å². The van der Waals surface area contributed by atoms with Crippen LogP contribution in [0.15, 0.2) is 22.5 Å². The lowest BCUT2D eigenvalue weighted by Crippen LogP contribution is -2.30. The molecule has 4 nitrogen and oxygen atoms in total. The number of nitrogens with zero attached hydrogens (tertiary/aromatic N) is 2. The fourth-order valence-corrected chi connectivity index (χ4v) is 1.33. The Kier molecular flexibility index (Phi) is 3.57. The van der Waals surface area contributed by atoms with E-state index in [0.717, 1.165) is 5.00 Å². The van der Waals surface area contributed by atoms with Crippen LogP contribution in [0.2, 0.25) is 0 Å². The Morgan fingerprint density at radius 2 is 2.46 bits per heavy atom. The molecular weight excluding hydrogens is 184 g/mol. The van der Waals surface area contributed by atoms with Crippen molar-refractivity contribution in [3.05, 3.63) is 17.5 Å². The van der Waals surface area contributed by atoms with Gasteiger partial charge in [0.1, 0.15) is 6.67 Å². The zero-order chi connectivity index (χ0) is 9.68. The van der Waals surface area contributed by atoms with Gasteiger partial charge in [-0.05, 0) is 17.5 Å². The van der Waals surface area contributed by atoms with Crippen molar-refractivity contribution < 1.29 is 0 Å². The Morgan fingerprint density at radius 3 is 3.00 bits per heavy atom. The Balaban J connectivity index is 2.32. The summed E-state index contributed by atoms with van der Waals surface area (Å²) in [6, 6.07) is 4.00. The fraction of sp³-hybridized carbons (Fsp3) is 0.375. The van der Waals surface area contributed by atoms with Crippen molar-refractivity contribution in [3.8, 4) is 0 Å². The van der Waals surface area contributed by atoms with Crippen LogP contribution in [0.25, 0.3) is 0 Å². The number of hydrogen-bond donors (Lipinski definition) is 2. The number of rotatable bonds is 3. The molecule has 5 heteroatoms. The number of anilines is 1. The molecule has 0 spiro atoms. The third-order valence-electron chi connectivity index (χ3n) is 1.47. The van der Waals surface area contributed by atoms with E-state index < -0.39 is 0 Å². The van der Waals surface area contributed by atoms with Crippen LogP contribution in [-0.2, 0) is 0 Å². The second-order valence-electron chi connectivity index (χ2n) is 2.72. The van der Waals surface area contributed by atoms with E-state index in [2.05, 4.69) is 10.3 Å². The second kappa shape index (κ2) is 4.71. The average Bonchev–Trinajstić information content (AvgIpc) is 2.56. The molecule has 0 amide bonds. The molecule has 0 aromatic carbocycles. The Bertz CT molecular complexity index is 266. The highest BCUT2D eigenvalue weighted by Crippen LogP contribution is 2.13. The molecule has 1 heterocycles. The van der Waals surface area contributed by atoms with E-state index in [1.807, 2.05) is 31.6 Å². The van der Waals surface area contributed by atoms with E-state index in [1.54, 1.807) is 16.2 Å². The number of aliphatic imine (C=N–C) groups is 1. The van der Waals surface area contributed by atoms with Gasteiger partial charge in [-0.2, -0.15) is 0 Å². The molecule has 13 heavy (non-hydrogen) atoms. The van der Waals surface area contributed by atoms with Gasteiger partial charge in [-0.1, -0.05) is 0 Å². The van der Waals surface area contributed by atoms with Crippen LogP contribution in [-0.4, -0.2) is 31.6 Å².